The normalized spacial score (nSPS) is 20.5. The quantitative estimate of drug-likeness (QED) is 0.669. The molecule has 1 aromatic rings. The zero-order valence-electron chi connectivity index (χ0n) is 18.2. The molecule has 1 amide bonds. The van der Waals surface area contributed by atoms with Crippen LogP contribution in [0.1, 0.15) is 46.5 Å². The van der Waals surface area contributed by atoms with E-state index < -0.39 is 14.8 Å². The van der Waals surface area contributed by atoms with E-state index in [1.165, 1.54) is 0 Å². The summed E-state index contributed by atoms with van der Waals surface area (Å²) in [4.78, 5) is 14.7. The lowest BCUT2D eigenvalue weighted by Crippen LogP contribution is -2.46. The maximum absolute atomic E-state index is 12.6. The maximum Gasteiger partial charge on any atom is 0.227 e. The third-order valence-corrected chi connectivity index (χ3v) is 7.39. The van der Waals surface area contributed by atoms with Crippen LogP contribution in [-0.2, 0) is 14.8 Å². The largest absolute Gasteiger partial charge is 0.492 e. The van der Waals surface area contributed by atoms with E-state index in [1.807, 2.05) is 43.3 Å². The van der Waals surface area contributed by atoms with Crippen molar-refractivity contribution in [3.8, 4) is 5.75 Å². The van der Waals surface area contributed by atoms with Crippen molar-refractivity contribution in [1.29, 1.82) is 0 Å². The number of rotatable bonds is 8. The van der Waals surface area contributed by atoms with Gasteiger partial charge in [-0.3, -0.25) is 4.79 Å². The van der Waals surface area contributed by atoms with Gasteiger partial charge in [0.15, 0.2) is 0 Å². The van der Waals surface area contributed by atoms with E-state index in [-0.39, 0.29) is 17.9 Å². The predicted molar refractivity (Wildman–Crippen MR) is 117 cm³/mol. The highest BCUT2D eigenvalue weighted by Gasteiger charge is 2.34. The first kappa shape index (κ1) is 23.6. The first-order valence-electron chi connectivity index (χ1n) is 10.2. The molecule has 1 aromatic carbocycles. The van der Waals surface area contributed by atoms with Gasteiger partial charge in [0.05, 0.1) is 4.75 Å². The summed E-state index contributed by atoms with van der Waals surface area (Å²) in [6, 6.07) is 7.31. The van der Waals surface area contributed by atoms with E-state index >= 15 is 0 Å². The second-order valence-corrected chi connectivity index (χ2v) is 11.4. The maximum atomic E-state index is 12.6. The molecule has 0 spiro atoms. The van der Waals surface area contributed by atoms with Gasteiger partial charge in [0.2, 0.25) is 15.9 Å². The van der Waals surface area contributed by atoms with Gasteiger partial charge < -0.3 is 15.0 Å². The fourth-order valence-corrected chi connectivity index (χ4v) is 4.15. The van der Waals surface area contributed by atoms with Crippen LogP contribution in [0.5, 0.6) is 5.75 Å². The van der Waals surface area contributed by atoms with Crippen LogP contribution in [0, 0.1) is 5.92 Å². The van der Waals surface area contributed by atoms with E-state index in [4.69, 9.17) is 4.74 Å². The third-order valence-electron chi connectivity index (χ3n) is 5.13. The van der Waals surface area contributed by atoms with Gasteiger partial charge in [-0.1, -0.05) is 6.07 Å². The topological polar surface area (TPSA) is 87.7 Å². The van der Waals surface area contributed by atoms with Crippen LogP contribution in [0.15, 0.2) is 24.3 Å². The predicted octanol–water partition coefficient (Wildman–Crippen LogP) is 2.84. The average Bonchev–Trinajstić information content (AvgIpc) is 2.61. The van der Waals surface area contributed by atoms with Crippen LogP contribution in [0.3, 0.4) is 0 Å². The molecular formula is C21H35N3O4S. The molecule has 1 aliphatic carbocycles. The second kappa shape index (κ2) is 9.91. The molecule has 2 N–H and O–H groups in total. The zero-order chi connectivity index (χ0) is 21.7. The van der Waals surface area contributed by atoms with Crippen LogP contribution in [-0.4, -0.2) is 57.3 Å². The van der Waals surface area contributed by atoms with Crippen LogP contribution in [0.4, 0.5) is 5.69 Å². The molecule has 0 aliphatic heterocycles. The van der Waals surface area contributed by atoms with Gasteiger partial charge >= 0.3 is 0 Å². The SMILES string of the molecule is CN(C)CCOc1cccc(NC(=O)[C@H]2CC[C@H](NS(=O)(=O)C(C)(C)C)CC2)c1. The van der Waals surface area contributed by atoms with Crippen molar-refractivity contribution in [3.05, 3.63) is 24.3 Å². The Balaban J connectivity index is 1.84. The summed E-state index contributed by atoms with van der Waals surface area (Å²) >= 11 is 0. The number of amides is 1. The van der Waals surface area contributed by atoms with E-state index in [0.29, 0.717) is 38.0 Å². The number of hydrogen-bond acceptors (Lipinski definition) is 5. The van der Waals surface area contributed by atoms with E-state index in [0.717, 1.165) is 12.3 Å². The van der Waals surface area contributed by atoms with Crippen molar-refractivity contribution in [1.82, 2.24) is 9.62 Å². The van der Waals surface area contributed by atoms with Gasteiger partial charge in [-0.05, 0) is 72.7 Å². The number of benzene rings is 1. The number of ether oxygens (including phenoxy) is 1. The minimum atomic E-state index is -3.37. The highest BCUT2D eigenvalue weighted by atomic mass is 32.2. The highest BCUT2D eigenvalue weighted by Crippen LogP contribution is 2.28. The Morgan fingerprint density at radius 1 is 1.17 bits per heavy atom. The van der Waals surface area contributed by atoms with Crippen LogP contribution in [0.2, 0.25) is 0 Å². The number of carbonyl (C=O) groups is 1. The Hall–Kier alpha value is -1.64. The Labute approximate surface area is 175 Å². The fourth-order valence-electron chi connectivity index (χ4n) is 3.12. The molecule has 164 valence electrons. The summed E-state index contributed by atoms with van der Waals surface area (Å²) in [7, 11) is 0.609. The Kier molecular flexibility index (Phi) is 8.08. The zero-order valence-corrected chi connectivity index (χ0v) is 19.0. The van der Waals surface area contributed by atoms with Gasteiger partial charge in [0.1, 0.15) is 12.4 Å². The number of nitrogens with one attached hydrogen (secondary N) is 2. The molecule has 0 bridgehead atoms. The van der Waals surface area contributed by atoms with Gasteiger partial charge in [-0.2, -0.15) is 0 Å². The Bertz CT molecular complexity index is 779. The van der Waals surface area contributed by atoms with Crippen molar-refractivity contribution >= 4 is 21.6 Å². The lowest BCUT2D eigenvalue weighted by atomic mass is 9.86. The molecule has 0 radical (unpaired) electrons. The van der Waals surface area contributed by atoms with E-state index in [9.17, 15) is 13.2 Å². The lowest BCUT2D eigenvalue weighted by Gasteiger charge is -2.30. The minimum absolute atomic E-state index is 0.0208. The van der Waals surface area contributed by atoms with Crippen molar-refractivity contribution < 1.29 is 17.9 Å². The molecule has 1 fully saturated rings. The third kappa shape index (κ3) is 7.28. The van der Waals surface area contributed by atoms with Gasteiger partial charge in [0.25, 0.3) is 0 Å². The van der Waals surface area contributed by atoms with Crippen molar-refractivity contribution in [2.75, 3.05) is 32.6 Å². The molecule has 0 aromatic heterocycles. The molecule has 2 rings (SSSR count). The van der Waals surface area contributed by atoms with Gasteiger partial charge in [-0.25, -0.2) is 13.1 Å². The molecule has 7 nitrogen and oxygen atoms in total. The first-order chi connectivity index (χ1) is 13.5. The Morgan fingerprint density at radius 3 is 2.41 bits per heavy atom. The molecule has 0 unspecified atom stereocenters. The van der Waals surface area contributed by atoms with E-state index in [1.54, 1.807) is 20.8 Å². The summed E-state index contributed by atoms with van der Waals surface area (Å²) in [5.74, 6) is 0.598. The molecule has 0 heterocycles. The highest BCUT2D eigenvalue weighted by molar-refractivity contribution is 7.90. The molecule has 8 heteroatoms. The number of nitrogens with zero attached hydrogens (tertiary/aromatic N) is 1. The van der Waals surface area contributed by atoms with Crippen molar-refractivity contribution in [2.24, 2.45) is 5.92 Å². The number of anilines is 1. The summed E-state index contributed by atoms with van der Waals surface area (Å²) in [6.45, 7) is 6.46. The fraction of sp³-hybridized carbons (Fsp3) is 0.667. The lowest BCUT2D eigenvalue weighted by molar-refractivity contribution is -0.120. The number of carbonyl (C=O) groups excluding carboxylic acids is 1. The molecule has 29 heavy (non-hydrogen) atoms. The summed E-state index contributed by atoms with van der Waals surface area (Å²) in [5, 5.41) is 2.97. The molecular weight excluding hydrogens is 390 g/mol. The monoisotopic (exact) mass is 425 g/mol. The number of hydrogen-bond donors (Lipinski definition) is 2. The standard InChI is InChI=1S/C21H35N3O4S/c1-21(2,3)29(26,27)23-17-11-9-16(10-12-17)20(25)22-18-7-6-8-19(15-18)28-14-13-24(4)5/h6-8,15-17,23H,9-14H2,1-5H3,(H,22,25)/t16-,17-. The molecule has 0 atom stereocenters. The smallest absolute Gasteiger partial charge is 0.227 e. The van der Waals surface area contributed by atoms with Crippen molar-refractivity contribution in [3.63, 3.8) is 0 Å². The number of sulfonamides is 1. The Morgan fingerprint density at radius 2 is 1.83 bits per heavy atom. The summed E-state index contributed by atoms with van der Waals surface area (Å²) in [6.07, 6.45) is 2.67. The van der Waals surface area contributed by atoms with Gasteiger partial charge in [0, 0.05) is 30.3 Å². The van der Waals surface area contributed by atoms with Gasteiger partial charge in [-0.15, -0.1) is 0 Å². The van der Waals surface area contributed by atoms with Crippen LogP contribution in [0.25, 0.3) is 0 Å². The van der Waals surface area contributed by atoms with Crippen LogP contribution < -0.4 is 14.8 Å². The molecule has 1 aliphatic rings. The first-order valence-corrected chi connectivity index (χ1v) is 11.7. The summed E-state index contributed by atoms with van der Waals surface area (Å²) < 4.78 is 32.3. The average molecular weight is 426 g/mol. The van der Waals surface area contributed by atoms with Crippen molar-refractivity contribution in [2.45, 2.75) is 57.2 Å². The van der Waals surface area contributed by atoms with E-state index in [2.05, 4.69) is 10.0 Å². The summed E-state index contributed by atoms with van der Waals surface area (Å²) in [5.41, 5.74) is 0.716. The molecule has 0 saturated heterocycles. The number of likely N-dealkylation sites (N-methyl/N-ethyl adjacent to an activating group) is 1. The molecule has 1 saturated carbocycles. The minimum Gasteiger partial charge on any atom is -0.492 e. The van der Waals surface area contributed by atoms with Crippen LogP contribution >= 0.6 is 0 Å². The second-order valence-electron chi connectivity index (χ2n) is 8.95.